The first kappa shape index (κ1) is 15.8. The molecule has 0 saturated heterocycles. The SMILES string of the molecule is COc1ccc(OC)c(CNC(CC(=O)O)C(=O)O)c1. The van der Waals surface area contributed by atoms with Crippen LogP contribution in [0.25, 0.3) is 0 Å². The number of carboxylic acid groups (broad SMARTS) is 2. The van der Waals surface area contributed by atoms with Gasteiger partial charge in [0.1, 0.15) is 17.5 Å². The number of methoxy groups -OCH3 is 2. The van der Waals surface area contributed by atoms with Gasteiger partial charge in [-0.2, -0.15) is 0 Å². The molecule has 0 fully saturated rings. The average Bonchev–Trinajstić information content (AvgIpc) is 2.42. The molecule has 0 spiro atoms. The third kappa shape index (κ3) is 4.43. The molecule has 7 nitrogen and oxygen atoms in total. The van der Waals surface area contributed by atoms with Crippen LogP contribution in [0.4, 0.5) is 0 Å². The highest BCUT2D eigenvalue weighted by Gasteiger charge is 2.20. The summed E-state index contributed by atoms with van der Waals surface area (Å²) in [5.41, 5.74) is 0.684. The first-order valence-electron chi connectivity index (χ1n) is 5.86. The topological polar surface area (TPSA) is 105 Å². The standard InChI is InChI=1S/C13H17NO6/c1-19-9-3-4-11(20-2)8(5-9)7-14-10(13(17)18)6-12(15)16/h3-5,10,14H,6-7H2,1-2H3,(H,15,16)(H,17,18). The Balaban J connectivity index is 2.80. The first-order valence-corrected chi connectivity index (χ1v) is 5.86. The van der Waals surface area contributed by atoms with Crippen LogP contribution in [0.5, 0.6) is 11.5 Å². The summed E-state index contributed by atoms with van der Waals surface area (Å²) >= 11 is 0. The second-order valence-electron chi connectivity index (χ2n) is 4.05. The van der Waals surface area contributed by atoms with Crippen LogP contribution in [0.15, 0.2) is 18.2 Å². The third-order valence-corrected chi connectivity index (χ3v) is 2.70. The van der Waals surface area contributed by atoms with Gasteiger partial charge in [0, 0.05) is 12.1 Å². The third-order valence-electron chi connectivity index (χ3n) is 2.70. The van der Waals surface area contributed by atoms with Gasteiger partial charge in [-0.25, -0.2) is 0 Å². The molecule has 110 valence electrons. The molecule has 1 atom stereocenters. The maximum Gasteiger partial charge on any atom is 0.321 e. The number of hydrogen-bond acceptors (Lipinski definition) is 5. The fraction of sp³-hybridized carbons (Fsp3) is 0.385. The maximum absolute atomic E-state index is 11.0. The molecular formula is C13H17NO6. The molecule has 0 aliphatic rings. The van der Waals surface area contributed by atoms with E-state index in [0.717, 1.165) is 0 Å². The second kappa shape index (κ2) is 7.34. The number of nitrogens with one attached hydrogen (secondary N) is 1. The summed E-state index contributed by atoms with van der Waals surface area (Å²) in [6, 6.07) is 3.95. The van der Waals surface area contributed by atoms with Crippen LogP contribution >= 0.6 is 0 Å². The van der Waals surface area contributed by atoms with E-state index in [1.807, 2.05) is 0 Å². The molecule has 1 aromatic rings. The van der Waals surface area contributed by atoms with Crippen molar-refractivity contribution in [3.8, 4) is 11.5 Å². The molecule has 0 aliphatic heterocycles. The predicted molar refractivity (Wildman–Crippen MR) is 70.1 cm³/mol. The second-order valence-corrected chi connectivity index (χ2v) is 4.05. The number of benzene rings is 1. The minimum absolute atomic E-state index is 0.157. The van der Waals surface area contributed by atoms with Gasteiger partial charge in [0.05, 0.1) is 20.6 Å². The molecule has 0 saturated carbocycles. The van der Waals surface area contributed by atoms with Crippen molar-refractivity contribution in [1.29, 1.82) is 0 Å². The van der Waals surface area contributed by atoms with E-state index in [0.29, 0.717) is 17.1 Å². The smallest absolute Gasteiger partial charge is 0.321 e. The number of ether oxygens (including phenoxy) is 2. The Morgan fingerprint density at radius 2 is 1.95 bits per heavy atom. The highest BCUT2D eigenvalue weighted by molar-refractivity contribution is 5.80. The quantitative estimate of drug-likeness (QED) is 0.645. The Labute approximate surface area is 116 Å². The van der Waals surface area contributed by atoms with E-state index < -0.39 is 24.4 Å². The van der Waals surface area contributed by atoms with Gasteiger partial charge >= 0.3 is 11.9 Å². The normalized spacial score (nSPS) is 11.7. The molecule has 0 amide bonds. The highest BCUT2D eigenvalue weighted by Crippen LogP contribution is 2.23. The minimum atomic E-state index is -1.21. The Hall–Kier alpha value is -2.28. The molecule has 0 aromatic heterocycles. The molecule has 20 heavy (non-hydrogen) atoms. The van der Waals surface area contributed by atoms with Crippen molar-refractivity contribution < 1.29 is 29.3 Å². The monoisotopic (exact) mass is 283 g/mol. The average molecular weight is 283 g/mol. The highest BCUT2D eigenvalue weighted by atomic mass is 16.5. The zero-order valence-corrected chi connectivity index (χ0v) is 11.3. The van der Waals surface area contributed by atoms with Crippen LogP contribution in [-0.4, -0.2) is 42.4 Å². The molecule has 1 unspecified atom stereocenters. The van der Waals surface area contributed by atoms with Crippen molar-refractivity contribution in [2.24, 2.45) is 0 Å². The summed E-state index contributed by atoms with van der Waals surface area (Å²) in [5.74, 6) is -1.22. The molecule has 0 heterocycles. The largest absolute Gasteiger partial charge is 0.497 e. The van der Waals surface area contributed by atoms with Crippen molar-refractivity contribution in [3.05, 3.63) is 23.8 Å². The van der Waals surface area contributed by atoms with E-state index in [9.17, 15) is 9.59 Å². The van der Waals surface area contributed by atoms with E-state index in [1.54, 1.807) is 18.2 Å². The lowest BCUT2D eigenvalue weighted by Crippen LogP contribution is -2.38. The summed E-state index contributed by atoms with van der Waals surface area (Å²) in [6.07, 6.45) is -0.498. The summed E-state index contributed by atoms with van der Waals surface area (Å²) in [7, 11) is 3.01. The summed E-state index contributed by atoms with van der Waals surface area (Å²) in [4.78, 5) is 21.6. The Bertz CT molecular complexity index is 488. The Kier molecular flexibility index (Phi) is 5.79. The molecule has 0 aliphatic carbocycles. The minimum Gasteiger partial charge on any atom is -0.497 e. The maximum atomic E-state index is 11.0. The molecule has 3 N–H and O–H groups in total. The van der Waals surface area contributed by atoms with Gasteiger partial charge in [-0.1, -0.05) is 0 Å². The van der Waals surface area contributed by atoms with Crippen molar-refractivity contribution in [3.63, 3.8) is 0 Å². The van der Waals surface area contributed by atoms with E-state index in [2.05, 4.69) is 5.32 Å². The zero-order chi connectivity index (χ0) is 15.1. The summed E-state index contributed by atoms with van der Waals surface area (Å²) in [6.45, 7) is 0.157. The van der Waals surface area contributed by atoms with Crippen molar-refractivity contribution in [2.45, 2.75) is 19.0 Å². The van der Waals surface area contributed by atoms with E-state index in [-0.39, 0.29) is 6.54 Å². The zero-order valence-electron chi connectivity index (χ0n) is 11.3. The number of hydrogen-bond donors (Lipinski definition) is 3. The summed E-state index contributed by atoms with van der Waals surface area (Å²) in [5, 5.41) is 20.3. The molecule has 7 heteroatoms. The fourth-order valence-corrected chi connectivity index (χ4v) is 1.67. The Morgan fingerprint density at radius 3 is 2.45 bits per heavy atom. The van der Waals surface area contributed by atoms with Crippen molar-refractivity contribution >= 4 is 11.9 Å². The van der Waals surface area contributed by atoms with Gasteiger partial charge in [0.2, 0.25) is 0 Å². The van der Waals surface area contributed by atoms with Gasteiger partial charge in [-0.3, -0.25) is 14.9 Å². The number of aliphatic carboxylic acids is 2. The van der Waals surface area contributed by atoms with Gasteiger partial charge < -0.3 is 19.7 Å². The molecular weight excluding hydrogens is 266 g/mol. The van der Waals surface area contributed by atoms with Crippen LogP contribution in [0, 0.1) is 0 Å². The lowest BCUT2D eigenvalue weighted by molar-refractivity contribution is -0.146. The number of rotatable bonds is 8. The molecule has 1 rings (SSSR count). The fourth-order valence-electron chi connectivity index (χ4n) is 1.67. The lowest BCUT2D eigenvalue weighted by Gasteiger charge is -2.15. The van der Waals surface area contributed by atoms with E-state index in [4.69, 9.17) is 19.7 Å². The van der Waals surface area contributed by atoms with Crippen LogP contribution in [0.1, 0.15) is 12.0 Å². The van der Waals surface area contributed by atoms with Crippen molar-refractivity contribution in [1.82, 2.24) is 5.32 Å². The molecule has 0 bridgehead atoms. The summed E-state index contributed by atoms with van der Waals surface area (Å²) < 4.78 is 10.2. The molecule has 1 aromatic carbocycles. The van der Waals surface area contributed by atoms with Crippen LogP contribution in [0.2, 0.25) is 0 Å². The Morgan fingerprint density at radius 1 is 1.25 bits per heavy atom. The first-order chi connectivity index (χ1) is 9.47. The van der Waals surface area contributed by atoms with Gasteiger partial charge in [0.15, 0.2) is 0 Å². The number of carboxylic acids is 2. The van der Waals surface area contributed by atoms with E-state index >= 15 is 0 Å². The van der Waals surface area contributed by atoms with Gasteiger partial charge in [0.25, 0.3) is 0 Å². The molecule has 0 radical (unpaired) electrons. The van der Waals surface area contributed by atoms with E-state index in [1.165, 1.54) is 14.2 Å². The van der Waals surface area contributed by atoms with Crippen LogP contribution < -0.4 is 14.8 Å². The van der Waals surface area contributed by atoms with Crippen molar-refractivity contribution in [2.75, 3.05) is 14.2 Å². The number of carbonyl (C=O) groups is 2. The van der Waals surface area contributed by atoms with Crippen LogP contribution in [0.3, 0.4) is 0 Å². The lowest BCUT2D eigenvalue weighted by atomic mass is 10.1. The van der Waals surface area contributed by atoms with Gasteiger partial charge in [-0.05, 0) is 18.2 Å². The van der Waals surface area contributed by atoms with Gasteiger partial charge in [-0.15, -0.1) is 0 Å². The predicted octanol–water partition coefficient (Wildman–Crippen LogP) is 0.721. The van der Waals surface area contributed by atoms with Crippen LogP contribution in [-0.2, 0) is 16.1 Å².